The molecule has 1 fully saturated rings. The molecular weight excluding hydrogens is 366 g/mol. The summed E-state index contributed by atoms with van der Waals surface area (Å²) in [6, 6.07) is 18.8. The summed E-state index contributed by atoms with van der Waals surface area (Å²) in [4.78, 5) is 33.1. The zero-order valence-electron chi connectivity index (χ0n) is 16.3. The second kappa shape index (κ2) is 8.90. The van der Waals surface area contributed by atoms with E-state index in [4.69, 9.17) is 4.84 Å². The molecule has 0 unspecified atom stereocenters. The number of carbonyl (C=O) groups is 2. The van der Waals surface area contributed by atoms with E-state index in [0.29, 0.717) is 12.8 Å². The molecule has 0 aliphatic carbocycles. The van der Waals surface area contributed by atoms with Gasteiger partial charge in [-0.1, -0.05) is 65.8 Å². The van der Waals surface area contributed by atoms with Crippen molar-refractivity contribution in [3.8, 4) is 0 Å². The number of hydrogen-bond donors (Lipinski definition) is 1. The molecule has 2 aromatic carbocycles. The van der Waals surface area contributed by atoms with Gasteiger partial charge in [0.05, 0.1) is 5.71 Å². The van der Waals surface area contributed by atoms with E-state index in [1.807, 2.05) is 65.6 Å². The number of hydrogen-bond acceptors (Lipinski definition) is 4. The number of carbonyl (C=O) groups excluding carboxylic acids is 2. The van der Waals surface area contributed by atoms with Crippen LogP contribution in [-0.2, 0) is 20.8 Å². The van der Waals surface area contributed by atoms with E-state index in [1.165, 1.54) is 0 Å². The molecule has 0 radical (unpaired) electrons. The number of benzene rings is 2. The molecule has 29 heavy (non-hydrogen) atoms. The highest BCUT2D eigenvalue weighted by atomic mass is 16.6. The van der Waals surface area contributed by atoms with E-state index in [-0.39, 0.29) is 11.8 Å². The van der Waals surface area contributed by atoms with Crippen LogP contribution in [0.4, 0.5) is 0 Å². The molecule has 2 amide bonds. The van der Waals surface area contributed by atoms with Gasteiger partial charge in [-0.15, -0.1) is 0 Å². The Morgan fingerprint density at radius 2 is 1.69 bits per heavy atom. The third-order valence-electron chi connectivity index (χ3n) is 5.38. The van der Waals surface area contributed by atoms with Crippen molar-refractivity contribution in [1.29, 1.82) is 0 Å². The van der Waals surface area contributed by atoms with Crippen molar-refractivity contribution in [3.05, 3.63) is 71.8 Å². The van der Waals surface area contributed by atoms with Crippen molar-refractivity contribution in [2.24, 2.45) is 5.16 Å². The van der Waals surface area contributed by atoms with E-state index in [9.17, 15) is 9.59 Å². The zero-order valence-corrected chi connectivity index (χ0v) is 16.3. The number of oxime groups is 1. The lowest BCUT2D eigenvalue weighted by Crippen LogP contribution is -2.51. The van der Waals surface area contributed by atoms with Gasteiger partial charge in [-0.3, -0.25) is 9.59 Å². The summed E-state index contributed by atoms with van der Waals surface area (Å²) in [5.74, 6) is -0.324. The molecule has 2 aliphatic rings. The average Bonchev–Trinajstić information content (AvgIpc) is 3.46. The highest BCUT2D eigenvalue weighted by Crippen LogP contribution is 2.18. The van der Waals surface area contributed by atoms with Gasteiger partial charge in [0, 0.05) is 25.9 Å². The maximum absolute atomic E-state index is 13.0. The van der Waals surface area contributed by atoms with Crippen LogP contribution in [0.25, 0.3) is 0 Å². The fourth-order valence-corrected chi connectivity index (χ4v) is 3.79. The molecule has 0 bridgehead atoms. The predicted octanol–water partition coefficient (Wildman–Crippen LogP) is 2.53. The van der Waals surface area contributed by atoms with Crippen molar-refractivity contribution in [1.82, 2.24) is 10.2 Å². The highest BCUT2D eigenvalue weighted by Gasteiger charge is 2.33. The fraction of sp³-hybridized carbons (Fsp3) is 0.348. The third kappa shape index (κ3) is 4.65. The number of nitrogens with zero attached hydrogens (tertiary/aromatic N) is 2. The van der Waals surface area contributed by atoms with Crippen LogP contribution < -0.4 is 5.32 Å². The van der Waals surface area contributed by atoms with E-state index < -0.39 is 12.1 Å². The Morgan fingerprint density at radius 1 is 1.03 bits per heavy atom. The molecule has 0 saturated carbocycles. The van der Waals surface area contributed by atoms with Crippen LogP contribution in [0.1, 0.15) is 30.4 Å². The summed E-state index contributed by atoms with van der Waals surface area (Å²) in [6.45, 7) is 1.50. The summed E-state index contributed by atoms with van der Waals surface area (Å²) in [5, 5.41) is 7.01. The monoisotopic (exact) mass is 391 g/mol. The Balaban J connectivity index is 1.43. The van der Waals surface area contributed by atoms with Gasteiger partial charge >= 0.3 is 0 Å². The van der Waals surface area contributed by atoms with Crippen LogP contribution in [-0.4, -0.2) is 47.7 Å². The van der Waals surface area contributed by atoms with Crippen LogP contribution in [0.5, 0.6) is 0 Å². The summed E-state index contributed by atoms with van der Waals surface area (Å²) in [7, 11) is 0. The predicted molar refractivity (Wildman–Crippen MR) is 110 cm³/mol. The Morgan fingerprint density at radius 3 is 2.38 bits per heavy atom. The van der Waals surface area contributed by atoms with Gasteiger partial charge in [-0.2, -0.15) is 0 Å². The lowest BCUT2D eigenvalue weighted by atomic mass is 10.0. The van der Waals surface area contributed by atoms with Crippen molar-refractivity contribution in [2.45, 2.75) is 37.8 Å². The normalized spacial score (nSPS) is 19.4. The molecule has 1 N–H and O–H groups in total. The third-order valence-corrected chi connectivity index (χ3v) is 5.38. The van der Waals surface area contributed by atoms with Gasteiger partial charge in [0.15, 0.2) is 0 Å². The first-order valence-electron chi connectivity index (χ1n) is 10.1. The molecule has 6 heteroatoms. The molecule has 2 atom stereocenters. The number of nitrogens with one attached hydrogen (secondary N) is 1. The first-order valence-corrected chi connectivity index (χ1v) is 10.1. The fourth-order valence-electron chi connectivity index (χ4n) is 3.79. The summed E-state index contributed by atoms with van der Waals surface area (Å²) in [6.07, 6.45) is 2.16. The number of likely N-dealkylation sites (tertiary alicyclic amines) is 1. The molecule has 4 rings (SSSR count). The minimum Gasteiger partial charge on any atom is -0.382 e. The number of rotatable bonds is 6. The zero-order chi connectivity index (χ0) is 20.1. The smallest absolute Gasteiger partial charge is 0.265 e. The second-order valence-corrected chi connectivity index (χ2v) is 7.49. The molecule has 0 aromatic heterocycles. The Bertz CT molecular complexity index is 877. The maximum Gasteiger partial charge on any atom is 0.265 e. The minimum absolute atomic E-state index is 0.0260. The quantitative estimate of drug-likeness (QED) is 0.823. The lowest BCUT2D eigenvalue weighted by molar-refractivity contribution is -0.139. The standard InChI is InChI=1S/C23H25N3O3/c27-22(21-16-19(25-29-21)18-11-5-2-6-12-18)24-20(15-17-9-3-1-4-10-17)23(28)26-13-7-8-14-26/h1-6,9-12,20-21H,7-8,13-16H2,(H,24,27)/t20-,21+/m1/s1. The van der Waals surface area contributed by atoms with Crippen LogP contribution in [0.15, 0.2) is 65.8 Å². The van der Waals surface area contributed by atoms with Crippen LogP contribution >= 0.6 is 0 Å². The highest BCUT2D eigenvalue weighted by molar-refractivity contribution is 6.04. The molecule has 2 aromatic rings. The van der Waals surface area contributed by atoms with Gasteiger partial charge in [0.2, 0.25) is 12.0 Å². The summed E-state index contributed by atoms with van der Waals surface area (Å²) >= 11 is 0. The molecule has 0 spiro atoms. The molecule has 2 aliphatic heterocycles. The lowest BCUT2D eigenvalue weighted by Gasteiger charge is -2.25. The van der Waals surface area contributed by atoms with E-state index in [2.05, 4.69) is 10.5 Å². The Hall–Kier alpha value is -3.15. The number of amides is 2. The van der Waals surface area contributed by atoms with Gasteiger partial charge in [0.25, 0.3) is 5.91 Å². The average molecular weight is 391 g/mol. The van der Waals surface area contributed by atoms with Crippen LogP contribution in [0.3, 0.4) is 0 Å². The van der Waals surface area contributed by atoms with E-state index in [1.54, 1.807) is 0 Å². The summed E-state index contributed by atoms with van der Waals surface area (Å²) in [5.41, 5.74) is 2.70. The molecule has 150 valence electrons. The van der Waals surface area contributed by atoms with Crippen molar-refractivity contribution < 1.29 is 14.4 Å². The topological polar surface area (TPSA) is 71.0 Å². The Labute approximate surface area is 170 Å². The van der Waals surface area contributed by atoms with E-state index in [0.717, 1.165) is 42.8 Å². The SMILES string of the molecule is O=C(N[C@H](Cc1ccccc1)C(=O)N1CCCC1)[C@@H]1CC(c2ccccc2)=NO1. The largest absolute Gasteiger partial charge is 0.382 e. The second-order valence-electron chi connectivity index (χ2n) is 7.49. The van der Waals surface area contributed by atoms with Crippen LogP contribution in [0, 0.1) is 0 Å². The van der Waals surface area contributed by atoms with Crippen LogP contribution in [0.2, 0.25) is 0 Å². The maximum atomic E-state index is 13.0. The molecule has 2 heterocycles. The van der Waals surface area contributed by atoms with Crippen molar-refractivity contribution in [2.75, 3.05) is 13.1 Å². The van der Waals surface area contributed by atoms with Gasteiger partial charge in [-0.25, -0.2) is 0 Å². The van der Waals surface area contributed by atoms with Gasteiger partial charge < -0.3 is 15.1 Å². The van der Waals surface area contributed by atoms with E-state index >= 15 is 0 Å². The van der Waals surface area contributed by atoms with Crippen molar-refractivity contribution >= 4 is 17.5 Å². The van der Waals surface area contributed by atoms with Gasteiger partial charge in [0.1, 0.15) is 6.04 Å². The van der Waals surface area contributed by atoms with Gasteiger partial charge in [-0.05, 0) is 24.0 Å². The minimum atomic E-state index is -0.713. The molecule has 1 saturated heterocycles. The first-order chi connectivity index (χ1) is 14.2. The first kappa shape index (κ1) is 19.2. The van der Waals surface area contributed by atoms with Crippen molar-refractivity contribution in [3.63, 3.8) is 0 Å². The summed E-state index contributed by atoms with van der Waals surface area (Å²) < 4.78 is 0. The molecular formula is C23H25N3O3. The Kier molecular flexibility index (Phi) is 5.89. The molecule has 6 nitrogen and oxygen atoms in total.